The molecule has 0 spiro atoms. The van der Waals surface area contributed by atoms with Gasteiger partial charge >= 0.3 is 0 Å². The number of nitrogens with two attached hydrogens (primary N) is 1. The summed E-state index contributed by atoms with van der Waals surface area (Å²) in [6.45, 7) is 13.3. The molecule has 0 radical (unpaired) electrons. The fraction of sp³-hybridized carbons (Fsp3) is 0.917. The second-order valence-electron chi connectivity index (χ2n) is 6.31. The topological polar surface area (TPSA) is 58.4 Å². The molecule has 1 amide bonds. The van der Waals surface area contributed by atoms with Gasteiger partial charge in [-0.15, -0.1) is 0 Å². The molecule has 0 saturated heterocycles. The Labute approximate surface area is 99.5 Å². The summed E-state index contributed by atoms with van der Waals surface area (Å²) >= 11 is 0. The van der Waals surface area contributed by atoms with E-state index in [9.17, 15) is 4.79 Å². The highest BCUT2D eigenvalue weighted by Gasteiger charge is 2.32. The lowest BCUT2D eigenvalue weighted by atomic mass is 9.85. The molecule has 0 aromatic heterocycles. The molecule has 0 fully saturated rings. The summed E-state index contributed by atoms with van der Waals surface area (Å²) in [6.07, 6.45) is 0. The number of hydrogen-bond acceptors (Lipinski definition) is 3. The van der Waals surface area contributed by atoms with E-state index in [1.165, 1.54) is 0 Å². The van der Waals surface area contributed by atoms with Gasteiger partial charge in [0.1, 0.15) is 0 Å². The van der Waals surface area contributed by atoms with Crippen LogP contribution in [-0.4, -0.2) is 30.4 Å². The summed E-state index contributed by atoms with van der Waals surface area (Å²) in [4.78, 5) is 13.8. The normalized spacial score (nSPS) is 15.1. The Morgan fingerprint density at radius 2 is 1.75 bits per heavy atom. The molecule has 4 nitrogen and oxygen atoms in total. The van der Waals surface area contributed by atoms with E-state index < -0.39 is 5.41 Å². The van der Waals surface area contributed by atoms with E-state index in [0.29, 0.717) is 12.6 Å². The van der Waals surface area contributed by atoms with E-state index in [2.05, 4.69) is 38.0 Å². The van der Waals surface area contributed by atoms with Gasteiger partial charge in [0.25, 0.3) is 0 Å². The van der Waals surface area contributed by atoms with E-state index in [-0.39, 0.29) is 11.3 Å². The van der Waals surface area contributed by atoms with Crippen LogP contribution in [0, 0.1) is 10.8 Å². The van der Waals surface area contributed by atoms with Crippen LogP contribution >= 0.6 is 0 Å². The number of carbonyl (C=O) groups excluding carboxylic acids is 1. The fourth-order valence-corrected chi connectivity index (χ4v) is 1.69. The number of rotatable bonds is 4. The first-order chi connectivity index (χ1) is 7.02. The van der Waals surface area contributed by atoms with E-state index in [1.807, 2.05) is 20.9 Å². The Kier molecular flexibility index (Phi) is 4.95. The number of carbonyl (C=O) groups is 1. The van der Waals surface area contributed by atoms with Crippen molar-refractivity contribution in [1.82, 2.24) is 10.3 Å². The lowest BCUT2D eigenvalue weighted by Crippen LogP contribution is -2.50. The van der Waals surface area contributed by atoms with Crippen LogP contribution in [0.15, 0.2) is 0 Å². The third-order valence-electron chi connectivity index (χ3n) is 3.30. The molecule has 1 atom stereocenters. The minimum atomic E-state index is -0.469. The van der Waals surface area contributed by atoms with Crippen LogP contribution in [0.1, 0.15) is 41.5 Å². The molecular formula is C12H27N3O. The predicted molar refractivity (Wildman–Crippen MR) is 67.7 cm³/mol. The number of nitrogens with one attached hydrogen (secondary N) is 1. The molecule has 96 valence electrons. The van der Waals surface area contributed by atoms with E-state index in [0.717, 1.165) is 0 Å². The molecule has 0 saturated carbocycles. The average molecular weight is 229 g/mol. The third kappa shape index (κ3) is 4.10. The minimum Gasteiger partial charge on any atom is -0.302 e. The van der Waals surface area contributed by atoms with Crippen molar-refractivity contribution in [2.24, 2.45) is 16.7 Å². The zero-order chi connectivity index (χ0) is 13.1. The molecule has 0 aromatic rings. The van der Waals surface area contributed by atoms with Crippen molar-refractivity contribution in [3.05, 3.63) is 0 Å². The second-order valence-corrected chi connectivity index (χ2v) is 6.31. The van der Waals surface area contributed by atoms with Crippen molar-refractivity contribution in [2.45, 2.75) is 47.6 Å². The third-order valence-corrected chi connectivity index (χ3v) is 3.30. The zero-order valence-corrected chi connectivity index (χ0v) is 11.7. The van der Waals surface area contributed by atoms with Gasteiger partial charge in [0, 0.05) is 12.6 Å². The lowest BCUT2D eigenvalue weighted by molar-refractivity contribution is -0.130. The highest BCUT2D eigenvalue weighted by molar-refractivity contribution is 5.81. The van der Waals surface area contributed by atoms with Crippen LogP contribution in [0.4, 0.5) is 0 Å². The first kappa shape index (κ1) is 15.4. The van der Waals surface area contributed by atoms with Crippen molar-refractivity contribution < 1.29 is 4.79 Å². The smallest absolute Gasteiger partial charge is 0.240 e. The number of hydrazine groups is 1. The minimum absolute atomic E-state index is 0.125. The van der Waals surface area contributed by atoms with Gasteiger partial charge in [0.15, 0.2) is 0 Å². The first-order valence-corrected chi connectivity index (χ1v) is 5.73. The van der Waals surface area contributed by atoms with Crippen molar-refractivity contribution in [3.8, 4) is 0 Å². The SMILES string of the molecule is CC(N(C)CC(C)(C)C(=O)NN)C(C)(C)C. The van der Waals surface area contributed by atoms with Crippen LogP contribution in [0.3, 0.4) is 0 Å². The summed E-state index contributed by atoms with van der Waals surface area (Å²) in [6, 6.07) is 0.400. The molecule has 0 aliphatic carbocycles. The molecule has 3 N–H and O–H groups in total. The Hall–Kier alpha value is -0.610. The summed E-state index contributed by atoms with van der Waals surface area (Å²) in [7, 11) is 2.04. The molecule has 4 heteroatoms. The predicted octanol–water partition coefficient (Wildman–Crippen LogP) is 1.37. The van der Waals surface area contributed by atoms with E-state index in [1.54, 1.807) is 0 Å². The number of hydrogen-bond donors (Lipinski definition) is 2. The molecule has 16 heavy (non-hydrogen) atoms. The van der Waals surface area contributed by atoms with Crippen LogP contribution in [0.25, 0.3) is 0 Å². The van der Waals surface area contributed by atoms with Crippen molar-refractivity contribution in [3.63, 3.8) is 0 Å². The van der Waals surface area contributed by atoms with Crippen molar-refractivity contribution in [2.75, 3.05) is 13.6 Å². The summed E-state index contributed by atoms with van der Waals surface area (Å²) in [5.41, 5.74) is 1.95. The maximum Gasteiger partial charge on any atom is 0.240 e. The van der Waals surface area contributed by atoms with Crippen molar-refractivity contribution in [1.29, 1.82) is 0 Å². The first-order valence-electron chi connectivity index (χ1n) is 5.73. The standard InChI is InChI=1S/C12H27N3O/c1-9(11(2,3)4)15(7)8-12(5,6)10(16)14-13/h9H,8,13H2,1-7H3,(H,14,16). The van der Waals surface area contributed by atoms with Gasteiger partial charge in [-0.2, -0.15) is 0 Å². The Morgan fingerprint density at radius 1 is 1.31 bits per heavy atom. The highest BCUT2D eigenvalue weighted by atomic mass is 16.2. The van der Waals surface area contributed by atoms with Gasteiger partial charge in [-0.05, 0) is 33.2 Å². The van der Waals surface area contributed by atoms with Crippen molar-refractivity contribution >= 4 is 5.91 Å². The van der Waals surface area contributed by atoms with Gasteiger partial charge in [-0.3, -0.25) is 10.2 Å². The molecule has 0 rings (SSSR count). The summed E-state index contributed by atoms with van der Waals surface area (Å²) in [5, 5.41) is 0. The Balaban J connectivity index is 4.56. The monoisotopic (exact) mass is 229 g/mol. The number of nitrogens with zero attached hydrogens (tertiary/aromatic N) is 1. The molecule has 0 aliphatic rings. The van der Waals surface area contributed by atoms with Crippen LogP contribution in [-0.2, 0) is 4.79 Å². The molecule has 0 aliphatic heterocycles. The van der Waals surface area contributed by atoms with Gasteiger partial charge in [0.05, 0.1) is 5.41 Å². The second kappa shape index (κ2) is 5.15. The fourth-order valence-electron chi connectivity index (χ4n) is 1.69. The van der Waals surface area contributed by atoms with Gasteiger partial charge < -0.3 is 4.90 Å². The quantitative estimate of drug-likeness (QED) is 0.435. The molecule has 0 heterocycles. The maximum absolute atomic E-state index is 11.6. The Morgan fingerprint density at radius 3 is 2.06 bits per heavy atom. The van der Waals surface area contributed by atoms with Crippen LogP contribution < -0.4 is 11.3 Å². The zero-order valence-electron chi connectivity index (χ0n) is 11.7. The number of amides is 1. The Bertz CT molecular complexity index is 243. The average Bonchev–Trinajstić information content (AvgIpc) is 2.12. The van der Waals surface area contributed by atoms with Gasteiger partial charge in [-0.25, -0.2) is 5.84 Å². The summed E-state index contributed by atoms with van der Waals surface area (Å²) in [5.74, 6) is 5.05. The van der Waals surface area contributed by atoms with E-state index >= 15 is 0 Å². The molecule has 0 aromatic carbocycles. The van der Waals surface area contributed by atoms with Crippen LogP contribution in [0.2, 0.25) is 0 Å². The highest BCUT2D eigenvalue weighted by Crippen LogP contribution is 2.26. The van der Waals surface area contributed by atoms with Crippen LogP contribution in [0.5, 0.6) is 0 Å². The van der Waals surface area contributed by atoms with Gasteiger partial charge in [0.2, 0.25) is 5.91 Å². The summed E-state index contributed by atoms with van der Waals surface area (Å²) < 4.78 is 0. The lowest BCUT2D eigenvalue weighted by Gasteiger charge is -2.39. The van der Waals surface area contributed by atoms with E-state index in [4.69, 9.17) is 5.84 Å². The maximum atomic E-state index is 11.6. The van der Waals surface area contributed by atoms with Gasteiger partial charge in [-0.1, -0.05) is 20.8 Å². The molecule has 1 unspecified atom stereocenters. The molecular weight excluding hydrogens is 202 g/mol. The molecule has 0 bridgehead atoms. The largest absolute Gasteiger partial charge is 0.302 e.